The smallest absolute Gasteiger partial charge is 0.259 e. The summed E-state index contributed by atoms with van der Waals surface area (Å²) in [5, 5.41) is 0.634. The lowest BCUT2D eigenvalue weighted by Gasteiger charge is -2.05. The molecule has 0 unspecified atom stereocenters. The fourth-order valence-electron chi connectivity index (χ4n) is 2.58. The molecule has 98 valence electrons. The molecule has 0 spiro atoms. The van der Waals surface area contributed by atoms with Gasteiger partial charge in [-0.05, 0) is 42.5 Å². The summed E-state index contributed by atoms with van der Waals surface area (Å²) >= 11 is 0. The van der Waals surface area contributed by atoms with Crippen LogP contribution in [0.25, 0.3) is 22.3 Å². The second-order valence-corrected chi connectivity index (χ2v) is 5.33. The first kappa shape index (κ1) is 11.4. The molecule has 1 aliphatic rings. The van der Waals surface area contributed by atoms with Crippen molar-refractivity contribution in [2.24, 2.45) is 0 Å². The van der Waals surface area contributed by atoms with Crippen LogP contribution >= 0.6 is 0 Å². The molecule has 3 aromatic rings. The van der Waals surface area contributed by atoms with E-state index in [0.29, 0.717) is 17.1 Å². The molecule has 0 atom stereocenters. The van der Waals surface area contributed by atoms with Gasteiger partial charge in [-0.2, -0.15) is 0 Å². The maximum Gasteiger partial charge on any atom is 0.259 e. The molecule has 0 aliphatic heterocycles. The quantitative estimate of drug-likeness (QED) is 0.768. The molecule has 1 heterocycles. The zero-order valence-electron chi connectivity index (χ0n) is 11.0. The third-order valence-electron chi connectivity index (χ3n) is 3.82. The van der Waals surface area contributed by atoms with E-state index >= 15 is 0 Å². The van der Waals surface area contributed by atoms with Crippen molar-refractivity contribution in [1.82, 2.24) is 9.97 Å². The number of nitrogens with zero attached hydrogens (tertiary/aromatic N) is 1. The second kappa shape index (κ2) is 4.30. The SMILES string of the molecule is O=c1[nH]c(-c2cccc(C3CC3)c2)nc2ccccc12. The molecule has 0 saturated heterocycles. The van der Waals surface area contributed by atoms with Crippen molar-refractivity contribution < 1.29 is 0 Å². The number of benzene rings is 2. The van der Waals surface area contributed by atoms with Gasteiger partial charge in [0.15, 0.2) is 0 Å². The van der Waals surface area contributed by atoms with Crippen LogP contribution in [-0.2, 0) is 0 Å². The Morgan fingerprint density at radius 3 is 2.75 bits per heavy atom. The Morgan fingerprint density at radius 1 is 1.05 bits per heavy atom. The fraction of sp³-hybridized carbons (Fsp3) is 0.176. The number of H-pyrrole nitrogens is 1. The van der Waals surface area contributed by atoms with Gasteiger partial charge in [0.25, 0.3) is 5.56 Å². The number of aromatic amines is 1. The molecule has 1 aromatic heterocycles. The number of rotatable bonds is 2. The summed E-state index contributed by atoms with van der Waals surface area (Å²) in [5.41, 5.74) is 2.99. The summed E-state index contributed by atoms with van der Waals surface area (Å²) in [5.74, 6) is 1.35. The topological polar surface area (TPSA) is 45.8 Å². The van der Waals surface area contributed by atoms with E-state index in [-0.39, 0.29) is 5.56 Å². The molecule has 1 saturated carbocycles. The van der Waals surface area contributed by atoms with Crippen LogP contribution in [0, 0.1) is 0 Å². The molecule has 1 N–H and O–H groups in total. The number of para-hydroxylation sites is 1. The molecule has 1 aliphatic carbocycles. The fourth-order valence-corrected chi connectivity index (χ4v) is 2.58. The molecule has 1 fully saturated rings. The van der Waals surface area contributed by atoms with Gasteiger partial charge in [-0.15, -0.1) is 0 Å². The maximum absolute atomic E-state index is 12.1. The monoisotopic (exact) mass is 262 g/mol. The number of hydrogen-bond acceptors (Lipinski definition) is 2. The van der Waals surface area contributed by atoms with Crippen molar-refractivity contribution in [3.05, 3.63) is 64.4 Å². The minimum absolute atomic E-state index is 0.0811. The van der Waals surface area contributed by atoms with Crippen LogP contribution in [0.15, 0.2) is 53.3 Å². The molecule has 2 aromatic carbocycles. The van der Waals surface area contributed by atoms with Crippen LogP contribution in [0.2, 0.25) is 0 Å². The highest BCUT2D eigenvalue weighted by molar-refractivity contribution is 5.79. The van der Waals surface area contributed by atoms with E-state index in [1.807, 2.05) is 30.3 Å². The minimum atomic E-state index is -0.0811. The van der Waals surface area contributed by atoms with Gasteiger partial charge in [-0.3, -0.25) is 4.79 Å². The summed E-state index contributed by atoms with van der Waals surface area (Å²) in [6.45, 7) is 0. The molecule has 20 heavy (non-hydrogen) atoms. The molecule has 0 amide bonds. The Labute approximate surface area is 116 Å². The lowest BCUT2D eigenvalue weighted by Crippen LogP contribution is -2.09. The molecule has 0 bridgehead atoms. The van der Waals surface area contributed by atoms with E-state index in [9.17, 15) is 4.79 Å². The summed E-state index contributed by atoms with van der Waals surface area (Å²) in [6.07, 6.45) is 2.54. The van der Waals surface area contributed by atoms with Crippen LogP contribution in [-0.4, -0.2) is 9.97 Å². The predicted molar refractivity (Wildman–Crippen MR) is 79.8 cm³/mol. The molecule has 0 radical (unpaired) electrons. The zero-order chi connectivity index (χ0) is 13.5. The number of aromatic nitrogens is 2. The highest BCUT2D eigenvalue weighted by Crippen LogP contribution is 2.40. The predicted octanol–water partition coefficient (Wildman–Crippen LogP) is 3.47. The minimum Gasteiger partial charge on any atom is -0.306 e. The van der Waals surface area contributed by atoms with E-state index in [4.69, 9.17) is 0 Å². The van der Waals surface area contributed by atoms with Crippen LogP contribution in [0.5, 0.6) is 0 Å². The molecule has 3 nitrogen and oxygen atoms in total. The first-order chi connectivity index (χ1) is 9.81. The Hall–Kier alpha value is -2.42. The van der Waals surface area contributed by atoms with Crippen LogP contribution in [0.3, 0.4) is 0 Å². The lowest BCUT2D eigenvalue weighted by molar-refractivity contribution is 1.12. The molecule has 4 rings (SSSR count). The van der Waals surface area contributed by atoms with Crippen molar-refractivity contribution in [3.8, 4) is 11.4 Å². The van der Waals surface area contributed by atoms with Crippen LogP contribution < -0.4 is 5.56 Å². The average molecular weight is 262 g/mol. The Bertz CT molecular complexity index is 847. The van der Waals surface area contributed by atoms with Gasteiger partial charge in [-0.1, -0.05) is 30.3 Å². The van der Waals surface area contributed by atoms with Gasteiger partial charge in [0.2, 0.25) is 0 Å². The van der Waals surface area contributed by atoms with Gasteiger partial charge in [-0.25, -0.2) is 4.98 Å². The Morgan fingerprint density at radius 2 is 1.90 bits per heavy atom. The maximum atomic E-state index is 12.1. The number of nitrogens with one attached hydrogen (secondary N) is 1. The lowest BCUT2D eigenvalue weighted by atomic mass is 10.1. The van der Waals surface area contributed by atoms with Crippen molar-refractivity contribution in [2.75, 3.05) is 0 Å². The summed E-state index contributed by atoms with van der Waals surface area (Å²) in [4.78, 5) is 19.6. The summed E-state index contributed by atoms with van der Waals surface area (Å²) < 4.78 is 0. The van der Waals surface area contributed by atoms with E-state index < -0.39 is 0 Å². The zero-order valence-corrected chi connectivity index (χ0v) is 11.0. The van der Waals surface area contributed by atoms with E-state index in [1.54, 1.807) is 6.07 Å². The highest BCUT2D eigenvalue weighted by atomic mass is 16.1. The van der Waals surface area contributed by atoms with Gasteiger partial charge < -0.3 is 4.98 Å². The van der Waals surface area contributed by atoms with E-state index in [0.717, 1.165) is 11.1 Å². The summed E-state index contributed by atoms with van der Waals surface area (Å²) in [7, 11) is 0. The first-order valence-electron chi connectivity index (χ1n) is 6.91. The Balaban J connectivity index is 1.89. The number of fused-ring (bicyclic) bond motifs is 1. The van der Waals surface area contributed by atoms with Gasteiger partial charge in [0.05, 0.1) is 10.9 Å². The highest BCUT2D eigenvalue weighted by Gasteiger charge is 2.23. The third kappa shape index (κ3) is 1.92. The van der Waals surface area contributed by atoms with Gasteiger partial charge in [0, 0.05) is 5.56 Å². The second-order valence-electron chi connectivity index (χ2n) is 5.33. The molecule has 3 heteroatoms. The third-order valence-corrected chi connectivity index (χ3v) is 3.82. The molecular formula is C17H14N2O. The average Bonchev–Trinajstić information content (AvgIpc) is 3.32. The number of hydrogen-bond donors (Lipinski definition) is 1. The van der Waals surface area contributed by atoms with Gasteiger partial charge in [0.1, 0.15) is 5.82 Å². The van der Waals surface area contributed by atoms with E-state index in [1.165, 1.54) is 18.4 Å². The summed E-state index contributed by atoms with van der Waals surface area (Å²) in [6, 6.07) is 15.8. The van der Waals surface area contributed by atoms with Gasteiger partial charge >= 0.3 is 0 Å². The standard InChI is InChI=1S/C17H14N2O/c20-17-14-6-1-2-7-15(14)18-16(19-17)13-5-3-4-12(10-13)11-8-9-11/h1-7,10-11H,8-9H2,(H,18,19,20). The van der Waals surface area contributed by atoms with Crippen molar-refractivity contribution >= 4 is 10.9 Å². The van der Waals surface area contributed by atoms with Crippen molar-refractivity contribution in [3.63, 3.8) is 0 Å². The largest absolute Gasteiger partial charge is 0.306 e. The normalized spacial score (nSPS) is 14.6. The Kier molecular flexibility index (Phi) is 2.46. The first-order valence-corrected chi connectivity index (χ1v) is 6.91. The van der Waals surface area contributed by atoms with Crippen LogP contribution in [0.1, 0.15) is 24.3 Å². The van der Waals surface area contributed by atoms with E-state index in [2.05, 4.69) is 22.1 Å². The van der Waals surface area contributed by atoms with Crippen molar-refractivity contribution in [1.29, 1.82) is 0 Å². The molecular weight excluding hydrogens is 248 g/mol. The van der Waals surface area contributed by atoms with Crippen LogP contribution in [0.4, 0.5) is 0 Å². The van der Waals surface area contributed by atoms with Crippen molar-refractivity contribution in [2.45, 2.75) is 18.8 Å².